The van der Waals surface area contributed by atoms with Crippen molar-refractivity contribution in [2.75, 3.05) is 5.32 Å². The van der Waals surface area contributed by atoms with Crippen molar-refractivity contribution in [3.8, 4) is 0 Å². The highest BCUT2D eigenvalue weighted by Crippen LogP contribution is 2.43. The van der Waals surface area contributed by atoms with E-state index >= 15 is 0 Å². The fourth-order valence-corrected chi connectivity index (χ4v) is 4.04. The van der Waals surface area contributed by atoms with Gasteiger partial charge in [0.05, 0.1) is 11.4 Å². The molecular weight excluding hydrogens is 294 g/mol. The summed E-state index contributed by atoms with van der Waals surface area (Å²) in [7, 11) is 0. The van der Waals surface area contributed by atoms with E-state index in [1.807, 2.05) is 30.1 Å². The molecule has 116 valence electrons. The molecule has 2 aromatic rings. The number of carbonyl (C=O) groups excluding carboxylic acids is 1. The van der Waals surface area contributed by atoms with Crippen molar-refractivity contribution in [3.05, 3.63) is 48.0 Å². The topological polar surface area (TPSA) is 46.9 Å². The standard InChI is InChI=1S/C17H21N3OS/c1-2-3-4-7-16(21)19-14-8-10-20-15(14)12-22-17(20)13-6-5-9-18-11-13/h5-6,8-11,17H,2-4,7,12H2,1H3,(H,19,21). The van der Waals surface area contributed by atoms with E-state index in [4.69, 9.17) is 0 Å². The molecule has 0 spiro atoms. The second-order valence-corrected chi connectivity index (χ2v) is 6.61. The Labute approximate surface area is 135 Å². The molecule has 0 aromatic carbocycles. The van der Waals surface area contributed by atoms with Gasteiger partial charge in [0.1, 0.15) is 5.37 Å². The first kappa shape index (κ1) is 15.2. The van der Waals surface area contributed by atoms with E-state index in [1.165, 1.54) is 11.3 Å². The Morgan fingerprint density at radius 2 is 2.36 bits per heavy atom. The number of nitrogens with zero attached hydrogens (tertiary/aromatic N) is 2. The minimum absolute atomic E-state index is 0.122. The Morgan fingerprint density at radius 1 is 1.45 bits per heavy atom. The summed E-state index contributed by atoms with van der Waals surface area (Å²) in [5.41, 5.74) is 3.35. The van der Waals surface area contributed by atoms with E-state index in [-0.39, 0.29) is 11.3 Å². The maximum Gasteiger partial charge on any atom is 0.224 e. The Balaban J connectivity index is 1.69. The van der Waals surface area contributed by atoms with Gasteiger partial charge in [-0.05, 0) is 18.6 Å². The van der Waals surface area contributed by atoms with Crippen LogP contribution in [0.25, 0.3) is 0 Å². The van der Waals surface area contributed by atoms with Gasteiger partial charge in [-0.2, -0.15) is 0 Å². The molecule has 0 saturated heterocycles. The summed E-state index contributed by atoms with van der Waals surface area (Å²) in [6, 6.07) is 6.08. The molecule has 5 heteroatoms. The molecule has 1 aliphatic rings. The molecule has 2 aromatic heterocycles. The van der Waals surface area contributed by atoms with Crippen LogP contribution in [0.3, 0.4) is 0 Å². The van der Waals surface area contributed by atoms with E-state index in [0.29, 0.717) is 6.42 Å². The van der Waals surface area contributed by atoms with Crippen LogP contribution >= 0.6 is 11.8 Å². The third-order valence-electron chi connectivity index (χ3n) is 3.91. The van der Waals surface area contributed by atoms with E-state index in [2.05, 4.69) is 34.1 Å². The fourth-order valence-electron chi connectivity index (χ4n) is 2.73. The van der Waals surface area contributed by atoms with Gasteiger partial charge in [0, 0.05) is 36.3 Å². The highest BCUT2D eigenvalue weighted by Gasteiger charge is 2.26. The molecule has 0 fully saturated rings. The predicted molar refractivity (Wildman–Crippen MR) is 90.9 cm³/mol. The summed E-state index contributed by atoms with van der Waals surface area (Å²) < 4.78 is 2.24. The van der Waals surface area contributed by atoms with Gasteiger partial charge in [-0.1, -0.05) is 25.8 Å². The molecule has 22 heavy (non-hydrogen) atoms. The SMILES string of the molecule is CCCCCC(=O)Nc1ccn2c1CSC2c1cccnc1. The molecule has 4 nitrogen and oxygen atoms in total. The number of pyridine rings is 1. The van der Waals surface area contributed by atoms with Crippen LogP contribution in [0, 0.1) is 0 Å². The first-order valence-corrected chi connectivity index (χ1v) is 8.85. The highest BCUT2D eigenvalue weighted by molar-refractivity contribution is 7.99. The summed E-state index contributed by atoms with van der Waals surface area (Å²) in [5, 5.41) is 3.32. The number of amides is 1. The zero-order chi connectivity index (χ0) is 15.4. The third-order valence-corrected chi connectivity index (χ3v) is 5.16. The smallest absolute Gasteiger partial charge is 0.224 e. The Kier molecular flexibility index (Phi) is 4.83. The van der Waals surface area contributed by atoms with Crippen molar-refractivity contribution in [1.82, 2.24) is 9.55 Å². The van der Waals surface area contributed by atoms with E-state index in [0.717, 1.165) is 30.7 Å². The van der Waals surface area contributed by atoms with Crippen molar-refractivity contribution in [2.24, 2.45) is 0 Å². The largest absolute Gasteiger partial charge is 0.332 e. The number of fused-ring (bicyclic) bond motifs is 1. The normalized spacial score (nSPS) is 16.5. The molecule has 1 aliphatic heterocycles. The lowest BCUT2D eigenvalue weighted by atomic mass is 10.2. The van der Waals surface area contributed by atoms with Crippen LogP contribution in [-0.4, -0.2) is 15.5 Å². The fraction of sp³-hybridized carbons (Fsp3) is 0.412. The number of rotatable bonds is 6. The number of anilines is 1. The van der Waals surface area contributed by atoms with Gasteiger partial charge in [0.2, 0.25) is 5.91 Å². The average molecular weight is 315 g/mol. The van der Waals surface area contributed by atoms with Gasteiger partial charge in [0.15, 0.2) is 0 Å². The maximum absolute atomic E-state index is 12.0. The lowest BCUT2D eigenvalue weighted by Gasteiger charge is -2.12. The number of unbranched alkanes of at least 4 members (excludes halogenated alkanes) is 2. The molecule has 1 unspecified atom stereocenters. The summed E-state index contributed by atoms with van der Waals surface area (Å²) in [4.78, 5) is 16.2. The first-order valence-electron chi connectivity index (χ1n) is 7.80. The summed E-state index contributed by atoms with van der Waals surface area (Å²) >= 11 is 1.87. The monoisotopic (exact) mass is 315 g/mol. The molecule has 3 rings (SSSR count). The average Bonchev–Trinajstić information content (AvgIpc) is 3.11. The number of carbonyl (C=O) groups is 1. The molecule has 0 radical (unpaired) electrons. The van der Waals surface area contributed by atoms with Crippen LogP contribution in [0.2, 0.25) is 0 Å². The molecule has 3 heterocycles. The van der Waals surface area contributed by atoms with Crippen LogP contribution in [0.15, 0.2) is 36.8 Å². The number of hydrogen-bond donors (Lipinski definition) is 1. The van der Waals surface area contributed by atoms with E-state index < -0.39 is 0 Å². The van der Waals surface area contributed by atoms with Gasteiger partial charge < -0.3 is 9.88 Å². The molecule has 0 bridgehead atoms. The lowest BCUT2D eigenvalue weighted by molar-refractivity contribution is -0.116. The van der Waals surface area contributed by atoms with Crippen molar-refractivity contribution in [3.63, 3.8) is 0 Å². The van der Waals surface area contributed by atoms with Crippen molar-refractivity contribution in [2.45, 2.75) is 43.7 Å². The van der Waals surface area contributed by atoms with E-state index in [1.54, 1.807) is 6.20 Å². The number of thioether (sulfide) groups is 1. The van der Waals surface area contributed by atoms with Crippen LogP contribution < -0.4 is 5.32 Å². The van der Waals surface area contributed by atoms with Gasteiger partial charge in [-0.15, -0.1) is 11.8 Å². The highest BCUT2D eigenvalue weighted by atomic mass is 32.2. The minimum atomic E-state index is 0.122. The van der Waals surface area contributed by atoms with Gasteiger partial charge in [-0.3, -0.25) is 9.78 Å². The Hall–Kier alpha value is -1.75. The molecular formula is C17H21N3OS. The zero-order valence-corrected chi connectivity index (χ0v) is 13.6. The summed E-state index contributed by atoms with van der Waals surface area (Å²) in [6.07, 6.45) is 9.59. The molecule has 0 aliphatic carbocycles. The van der Waals surface area contributed by atoms with Crippen molar-refractivity contribution < 1.29 is 4.79 Å². The van der Waals surface area contributed by atoms with Crippen molar-refractivity contribution >= 4 is 23.4 Å². The summed E-state index contributed by atoms with van der Waals surface area (Å²) in [5.74, 6) is 1.04. The second-order valence-electron chi connectivity index (χ2n) is 5.54. The van der Waals surface area contributed by atoms with Crippen LogP contribution in [0.5, 0.6) is 0 Å². The summed E-state index contributed by atoms with van der Waals surface area (Å²) in [6.45, 7) is 2.15. The predicted octanol–water partition coefficient (Wildman–Crippen LogP) is 4.20. The second kappa shape index (κ2) is 7.01. The molecule has 1 atom stereocenters. The Bertz CT molecular complexity index is 639. The number of nitrogens with one attached hydrogen (secondary N) is 1. The van der Waals surface area contributed by atoms with Crippen molar-refractivity contribution in [1.29, 1.82) is 0 Å². The van der Waals surface area contributed by atoms with E-state index in [9.17, 15) is 4.79 Å². The van der Waals surface area contributed by atoms with Gasteiger partial charge in [-0.25, -0.2) is 0 Å². The van der Waals surface area contributed by atoms with Gasteiger partial charge >= 0.3 is 0 Å². The third kappa shape index (κ3) is 3.19. The maximum atomic E-state index is 12.0. The number of aromatic nitrogens is 2. The van der Waals surface area contributed by atoms with Crippen LogP contribution in [0.4, 0.5) is 5.69 Å². The molecule has 1 N–H and O–H groups in total. The van der Waals surface area contributed by atoms with Crippen LogP contribution in [0.1, 0.15) is 49.2 Å². The quantitative estimate of drug-likeness (QED) is 0.813. The minimum Gasteiger partial charge on any atom is -0.332 e. The number of hydrogen-bond acceptors (Lipinski definition) is 3. The molecule has 1 amide bonds. The molecule has 0 saturated carbocycles. The first-order chi connectivity index (χ1) is 10.8. The Morgan fingerprint density at radius 3 is 3.14 bits per heavy atom. The van der Waals surface area contributed by atoms with Gasteiger partial charge in [0.25, 0.3) is 0 Å². The van der Waals surface area contributed by atoms with Crippen LogP contribution in [-0.2, 0) is 10.5 Å². The zero-order valence-electron chi connectivity index (χ0n) is 12.8. The lowest BCUT2D eigenvalue weighted by Crippen LogP contribution is -2.12.